The van der Waals surface area contributed by atoms with Crippen molar-refractivity contribution in [3.05, 3.63) is 36.8 Å². The highest BCUT2D eigenvalue weighted by atomic mass is 32.2. The summed E-state index contributed by atoms with van der Waals surface area (Å²) in [6.07, 6.45) is -4.12. The number of alkyl halides is 3. The zero-order valence-electron chi connectivity index (χ0n) is 6.77. The number of halogens is 3. The third-order valence-corrected chi connectivity index (χ3v) is 2.54. The predicted molar refractivity (Wildman–Crippen MR) is 47.7 cm³/mol. The van der Waals surface area contributed by atoms with Gasteiger partial charge in [-0.05, 0) is 18.6 Å². The number of hydrogen-bond donors (Lipinski definition) is 0. The molecule has 1 rings (SSSR count). The standard InChI is InChI=1S/C9H8F3S/c1-7-4-2-3-5-8(7)13-6-9(10,11)12/h2-5H,1,6H2. The van der Waals surface area contributed by atoms with Gasteiger partial charge in [0.05, 0.1) is 5.75 Å². The summed E-state index contributed by atoms with van der Waals surface area (Å²) in [5, 5.41) is 0. The Balaban J connectivity index is 2.60. The molecular formula is C9H8F3S. The van der Waals surface area contributed by atoms with Crippen LogP contribution in [0.3, 0.4) is 0 Å². The van der Waals surface area contributed by atoms with Gasteiger partial charge in [0.15, 0.2) is 0 Å². The topological polar surface area (TPSA) is 0 Å². The molecule has 1 radical (unpaired) electrons. The number of rotatable bonds is 2. The molecule has 0 spiro atoms. The fourth-order valence-electron chi connectivity index (χ4n) is 0.804. The van der Waals surface area contributed by atoms with E-state index < -0.39 is 11.9 Å². The van der Waals surface area contributed by atoms with Crippen LogP contribution in [-0.2, 0) is 0 Å². The van der Waals surface area contributed by atoms with Gasteiger partial charge >= 0.3 is 6.18 Å². The Hall–Kier alpha value is -0.640. The van der Waals surface area contributed by atoms with Crippen LogP contribution in [0, 0.1) is 6.92 Å². The molecule has 0 bridgehead atoms. The van der Waals surface area contributed by atoms with E-state index in [0.717, 1.165) is 11.8 Å². The molecule has 0 heterocycles. The van der Waals surface area contributed by atoms with E-state index in [1.807, 2.05) is 0 Å². The summed E-state index contributed by atoms with van der Waals surface area (Å²) in [5.41, 5.74) is 0.636. The summed E-state index contributed by atoms with van der Waals surface area (Å²) in [4.78, 5) is 0.583. The normalized spacial score (nSPS) is 11.7. The molecule has 0 aliphatic heterocycles. The Morgan fingerprint density at radius 2 is 1.85 bits per heavy atom. The maximum absolute atomic E-state index is 11.8. The van der Waals surface area contributed by atoms with Crippen molar-refractivity contribution in [3.63, 3.8) is 0 Å². The van der Waals surface area contributed by atoms with Gasteiger partial charge in [0.2, 0.25) is 0 Å². The summed E-state index contributed by atoms with van der Waals surface area (Å²) >= 11 is 0.766. The Bertz CT molecular complexity index is 280. The maximum Gasteiger partial charge on any atom is 0.398 e. The van der Waals surface area contributed by atoms with Crippen LogP contribution in [0.2, 0.25) is 0 Å². The van der Waals surface area contributed by atoms with E-state index in [9.17, 15) is 13.2 Å². The zero-order valence-corrected chi connectivity index (χ0v) is 7.58. The first-order valence-corrected chi connectivity index (χ1v) is 4.58. The van der Waals surface area contributed by atoms with E-state index in [1.165, 1.54) is 0 Å². The molecule has 0 saturated carbocycles. The van der Waals surface area contributed by atoms with Crippen molar-refractivity contribution in [1.29, 1.82) is 0 Å². The highest BCUT2D eigenvalue weighted by molar-refractivity contribution is 7.99. The van der Waals surface area contributed by atoms with Gasteiger partial charge in [0.25, 0.3) is 0 Å². The summed E-state index contributed by atoms with van der Waals surface area (Å²) in [5.74, 6) is -0.862. The monoisotopic (exact) mass is 205 g/mol. The Labute approximate surface area is 79.1 Å². The van der Waals surface area contributed by atoms with Crippen molar-refractivity contribution in [2.45, 2.75) is 11.1 Å². The van der Waals surface area contributed by atoms with Gasteiger partial charge in [0.1, 0.15) is 0 Å². The van der Waals surface area contributed by atoms with Crippen LogP contribution < -0.4 is 0 Å². The first-order chi connectivity index (χ1) is 5.99. The van der Waals surface area contributed by atoms with E-state index in [2.05, 4.69) is 6.92 Å². The minimum atomic E-state index is -4.12. The van der Waals surface area contributed by atoms with Crippen LogP contribution in [0.25, 0.3) is 0 Å². The van der Waals surface area contributed by atoms with E-state index in [0.29, 0.717) is 10.5 Å². The van der Waals surface area contributed by atoms with E-state index in [4.69, 9.17) is 0 Å². The fraction of sp³-hybridized carbons (Fsp3) is 0.222. The molecule has 0 saturated heterocycles. The smallest absolute Gasteiger partial charge is 0.170 e. The molecule has 13 heavy (non-hydrogen) atoms. The molecule has 4 heteroatoms. The maximum atomic E-state index is 11.8. The van der Waals surface area contributed by atoms with E-state index in [-0.39, 0.29) is 0 Å². The van der Waals surface area contributed by atoms with Gasteiger partial charge in [-0.3, -0.25) is 0 Å². The van der Waals surface area contributed by atoms with Crippen molar-refractivity contribution in [2.75, 3.05) is 5.75 Å². The number of benzene rings is 1. The second-order valence-electron chi connectivity index (χ2n) is 2.51. The quantitative estimate of drug-likeness (QED) is 0.665. The molecule has 0 aromatic heterocycles. The van der Waals surface area contributed by atoms with Gasteiger partial charge in [0, 0.05) is 4.90 Å². The Morgan fingerprint density at radius 3 is 2.38 bits per heavy atom. The lowest BCUT2D eigenvalue weighted by molar-refractivity contribution is -0.105. The SMILES string of the molecule is [CH2]c1ccccc1SCC(F)(F)F. The van der Waals surface area contributed by atoms with Crippen LogP contribution in [-0.4, -0.2) is 11.9 Å². The average molecular weight is 205 g/mol. The van der Waals surface area contributed by atoms with Crippen molar-refractivity contribution in [1.82, 2.24) is 0 Å². The van der Waals surface area contributed by atoms with Crippen LogP contribution >= 0.6 is 11.8 Å². The molecule has 1 aromatic rings. The molecule has 0 amide bonds. The van der Waals surface area contributed by atoms with Gasteiger partial charge in [-0.1, -0.05) is 18.2 Å². The van der Waals surface area contributed by atoms with Crippen LogP contribution in [0.5, 0.6) is 0 Å². The van der Waals surface area contributed by atoms with Crippen LogP contribution in [0.15, 0.2) is 29.2 Å². The highest BCUT2D eigenvalue weighted by Crippen LogP contribution is 2.28. The predicted octanol–water partition coefficient (Wildman–Crippen LogP) is 3.52. The minimum Gasteiger partial charge on any atom is -0.170 e. The third-order valence-electron chi connectivity index (χ3n) is 1.36. The molecular weight excluding hydrogens is 197 g/mol. The summed E-state index contributed by atoms with van der Waals surface area (Å²) in [6.45, 7) is 3.63. The van der Waals surface area contributed by atoms with E-state index in [1.54, 1.807) is 24.3 Å². The third kappa shape index (κ3) is 3.72. The Kier molecular flexibility index (Phi) is 3.25. The average Bonchev–Trinajstić information content (AvgIpc) is 2.01. The highest BCUT2D eigenvalue weighted by Gasteiger charge is 2.27. The van der Waals surface area contributed by atoms with Crippen molar-refractivity contribution in [3.8, 4) is 0 Å². The number of hydrogen-bond acceptors (Lipinski definition) is 1. The largest absolute Gasteiger partial charge is 0.398 e. The van der Waals surface area contributed by atoms with Gasteiger partial charge in [-0.25, -0.2) is 0 Å². The summed E-state index contributed by atoms with van der Waals surface area (Å²) in [6, 6.07) is 6.78. The van der Waals surface area contributed by atoms with Crippen molar-refractivity contribution in [2.24, 2.45) is 0 Å². The first-order valence-electron chi connectivity index (χ1n) is 3.59. The minimum absolute atomic E-state index is 0.583. The van der Waals surface area contributed by atoms with Crippen LogP contribution in [0.4, 0.5) is 13.2 Å². The molecule has 71 valence electrons. The lowest BCUT2D eigenvalue weighted by Crippen LogP contribution is -2.10. The van der Waals surface area contributed by atoms with Gasteiger partial charge in [-0.15, -0.1) is 11.8 Å². The van der Waals surface area contributed by atoms with Crippen molar-refractivity contribution >= 4 is 11.8 Å². The molecule has 0 fully saturated rings. The fourth-order valence-corrected chi connectivity index (χ4v) is 1.55. The second-order valence-corrected chi connectivity index (χ2v) is 3.53. The second kappa shape index (κ2) is 4.05. The molecule has 0 aliphatic carbocycles. The van der Waals surface area contributed by atoms with Crippen LogP contribution in [0.1, 0.15) is 5.56 Å². The molecule has 1 aromatic carbocycles. The lowest BCUT2D eigenvalue weighted by atomic mass is 10.2. The molecule has 0 unspecified atom stereocenters. The summed E-state index contributed by atoms with van der Waals surface area (Å²) in [7, 11) is 0. The summed E-state index contributed by atoms with van der Waals surface area (Å²) < 4.78 is 35.5. The van der Waals surface area contributed by atoms with Gasteiger partial charge in [-0.2, -0.15) is 13.2 Å². The molecule has 0 aliphatic rings. The first kappa shape index (κ1) is 10.4. The molecule has 0 nitrogen and oxygen atoms in total. The lowest BCUT2D eigenvalue weighted by Gasteiger charge is -2.07. The van der Waals surface area contributed by atoms with Crippen molar-refractivity contribution < 1.29 is 13.2 Å². The zero-order chi connectivity index (χ0) is 9.90. The van der Waals surface area contributed by atoms with E-state index >= 15 is 0 Å². The van der Waals surface area contributed by atoms with Gasteiger partial charge < -0.3 is 0 Å². The Morgan fingerprint density at radius 1 is 1.23 bits per heavy atom. The number of thioether (sulfide) groups is 1. The molecule has 0 N–H and O–H groups in total. The molecule has 0 atom stereocenters.